The van der Waals surface area contributed by atoms with Crippen LogP contribution < -0.4 is 10.1 Å². The van der Waals surface area contributed by atoms with Gasteiger partial charge in [0.25, 0.3) is 0 Å². The fraction of sp³-hybridized carbons (Fsp3) is 0.333. The van der Waals surface area contributed by atoms with Crippen molar-refractivity contribution in [2.45, 2.75) is 0 Å². The minimum Gasteiger partial charge on any atom is -0.628 e. The quantitative estimate of drug-likeness (QED) is 0.448. The zero-order valence-electron chi connectivity index (χ0n) is 6.47. The Hall–Kier alpha value is -0.880. The van der Waals surface area contributed by atoms with E-state index in [1.165, 1.54) is 14.1 Å². The van der Waals surface area contributed by atoms with E-state index in [2.05, 4.69) is 4.98 Å². The smallest absolute Gasteiger partial charge is 0.208 e. The van der Waals surface area contributed by atoms with Crippen molar-refractivity contribution in [1.82, 2.24) is 4.98 Å². The van der Waals surface area contributed by atoms with Crippen LogP contribution in [0.25, 0.3) is 0 Å². The highest BCUT2D eigenvalue weighted by molar-refractivity contribution is 5.31. The van der Waals surface area contributed by atoms with Gasteiger partial charge in [0.15, 0.2) is 0 Å². The van der Waals surface area contributed by atoms with Crippen LogP contribution in [0.15, 0.2) is 12.1 Å². The molecule has 0 aromatic carbocycles. The van der Waals surface area contributed by atoms with E-state index in [1.54, 1.807) is 12.1 Å². The van der Waals surface area contributed by atoms with Crippen LogP contribution in [-0.2, 0) is 0 Å². The molecule has 1 aromatic heterocycles. The molecule has 0 fully saturated rings. The molecule has 0 spiro atoms. The van der Waals surface area contributed by atoms with Gasteiger partial charge in [0.1, 0.15) is 0 Å². The van der Waals surface area contributed by atoms with Crippen LogP contribution in [0, 0.1) is 10.4 Å². The fourth-order valence-electron chi connectivity index (χ4n) is 0.806. The minimum atomic E-state index is -0.0579. The molecule has 0 bridgehead atoms. The first-order chi connectivity index (χ1) is 5.11. The number of hydrogen-bond acceptors (Lipinski definition) is 2. The van der Waals surface area contributed by atoms with E-state index in [-0.39, 0.29) is 10.1 Å². The van der Waals surface area contributed by atoms with Crippen molar-refractivity contribution in [3.05, 3.63) is 22.5 Å². The summed E-state index contributed by atoms with van der Waals surface area (Å²) < 4.78 is 0. The predicted molar refractivity (Wildman–Crippen MR) is 40.6 cm³/mol. The Morgan fingerprint density at radius 1 is 1.09 bits per heavy atom. The summed E-state index contributed by atoms with van der Waals surface area (Å²) in [5.74, 6) is 0.963. The molecule has 11 heavy (non-hydrogen) atoms. The maximum atomic E-state index is 10.7. The van der Waals surface area contributed by atoms with Crippen molar-refractivity contribution in [2.24, 2.45) is 0 Å². The van der Waals surface area contributed by atoms with Gasteiger partial charge in [0, 0.05) is 12.1 Å². The molecule has 0 saturated carbocycles. The van der Waals surface area contributed by atoms with Gasteiger partial charge in [-0.15, -0.1) is 0 Å². The molecule has 5 heteroatoms. The number of aromatic amines is 1. The molecule has 0 aliphatic carbocycles. The van der Waals surface area contributed by atoms with Gasteiger partial charge in [-0.1, -0.05) is 0 Å². The molecule has 62 valence electrons. The number of quaternary nitrogens is 2. The highest BCUT2D eigenvalue weighted by atomic mass is 16.5. The van der Waals surface area contributed by atoms with Crippen LogP contribution in [0.1, 0.15) is 0 Å². The topological polar surface area (TPSA) is 70.8 Å². The van der Waals surface area contributed by atoms with E-state index in [4.69, 9.17) is 0 Å². The van der Waals surface area contributed by atoms with E-state index in [1.807, 2.05) is 0 Å². The third-order valence-corrected chi connectivity index (χ3v) is 1.44. The lowest BCUT2D eigenvalue weighted by Gasteiger charge is -2.14. The van der Waals surface area contributed by atoms with E-state index in [9.17, 15) is 10.4 Å². The molecule has 0 aliphatic heterocycles. The van der Waals surface area contributed by atoms with Crippen molar-refractivity contribution in [1.29, 1.82) is 0 Å². The van der Waals surface area contributed by atoms with Crippen molar-refractivity contribution < 1.29 is 10.1 Å². The van der Waals surface area contributed by atoms with Crippen molar-refractivity contribution >= 4 is 11.6 Å². The molecular weight excluding hydrogens is 146 g/mol. The van der Waals surface area contributed by atoms with E-state index in [0.29, 0.717) is 11.6 Å². The summed E-state index contributed by atoms with van der Waals surface area (Å²) in [7, 11) is 2.91. The average Bonchev–Trinajstić information content (AvgIpc) is 2.33. The molecule has 0 aliphatic rings. The van der Waals surface area contributed by atoms with E-state index >= 15 is 0 Å². The lowest BCUT2D eigenvalue weighted by molar-refractivity contribution is -0.762. The average molecular weight is 157 g/mol. The van der Waals surface area contributed by atoms with Crippen LogP contribution in [0.5, 0.6) is 0 Å². The number of nitrogens with one attached hydrogen (secondary N) is 3. The van der Waals surface area contributed by atoms with Crippen LogP contribution in [-0.4, -0.2) is 19.1 Å². The normalized spacial score (nSPS) is 16.4. The van der Waals surface area contributed by atoms with Gasteiger partial charge in [0.05, 0.1) is 14.1 Å². The summed E-state index contributed by atoms with van der Waals surface area (Å²) in [4.78, 5) is 2.71. The van der Waals surface area contributed by atoms with Crippen LogP contribution in [0.2, 0.25) is 0 Å². The van der Waals surface area contributed by atoms with Gasteiger partial charge < -0.3 is 20.5 Å². The molecule has 3 N–H and O–H groups in total. The third-order valence-electron chi connectivity index (χ3n) is 1.44. The molecule has 0 amide bonds. The minimum absolute atomic E-state index is 0.0579. The molecule has 1 rings (SSSR count). The molecular formula is C6H11N3O2. The summed E-state index contributed by atoms with van der Waals surface area (Å²) in [6, 6.07) is 3.22. The zero-order valence-corrected chi connectivity index (χ0v) is 6.47. The molecule has 1 aromatic rings. The summed E-state index contributed by atoms with van der Waals surface area (Å²) >= 11 is 0. The number of hydrogen-bond donors (Lipinski definition) is 3. The molecule has 1 heterocycles. The second-order valence-electron chi connectivity index (χ2n) is 2.40. The molecule has 2 atom stereocenters. The predicted octanol–water partition coefficient (Wildman–Crippen LogP) is -1.70. The Balaban J connectivity index is 2.82. The number of H-pyrrole nitrogens is 1. The summed E-state index contributed by atoms with van der Waals surface area (Å²) in [5, 5.41) is 21.4. The molecule has 0 saturated heterocycles. The highest BCUT2D eigenvalue weighted by Gasteiger charge is 2.04. The van der Waals surface area contributed by atoms with Gasteiger partial charge in [-0.05, 0) is 0 Å². The maximum Gasteiger partial charge on any atom is 0.208 e. The van der Waals surface area contributed by atoms with Crippen molar-refractivity contribution in [3.8, 4) is 0 Å². The first-order valence-electron chi connectivity index (χ1n) is 3.32. The number of hydroxylamine groups is 2. The first-order valence-corrected chi connectivity index (χ1v) is 3.32. The maximum absolute atomic E-state index is 10.7. The Morgan fingerprint density at radius 3 is 1.64 bits per heavy atom. The Labute approximate surface area is 64.4 Å². The number of rotatable bonds is 2. The van der Waals surface area contributed by atoms with Gasteiger partial charge in [0.2, 0.25) is 11.6 Å². The summed E-state index contributed by atoms with van der Waals surface area (Å²) in [6.07, 6.45) is 0. The van der Waals surface area contributed by atoms with E-state index < -0.39 is 0 Å². The molecule has 5 nitrogen and oxygen atoms in total. The standard InChI is InChI=1S/C6H11N3O2/c1-8(10)5-3-4-6(7-5)9(2)11/h3-4,7-9H,1-2H3. The SMILES string of the molecule is C[NH+]([O-])c1ccc([NH+](C)[O-])[nH]1. The van der Waals surface area contributed by atoms with Crippen molar-refractivity contribution in [2.75, 3.05) is 14.1 Å². The van der Waals surface area contributed by atoms with Gasteiger partial charge in [-0.3, -0.25) is 4.98 Å². The molecule has 2 unspecified atom stereocenters. The van der Waals surface area contributed by atoms with Gasteiger partial charge in [-0.25, -0.2) is 0 Å². The Morgan fingerprint density at radius 2 is 1.45 bits per heavy atom. The first kappa shape index (κ1) is 8.22. The van der Waals surface area contributed by atoms with Crippen LogP contribution in [0.3, 0.4) is 0 Å². The largest absolute Gasteiger partial charge is 0.628 e. The number of aromatic nitrogens is 1. The van der Waals surface area contributed by atoms with E-state index in [0.717, 1.165) is 0 Å². The summed E-state index contributed by atoms with van der Waals surface area (Å²) in [6.45, 7) is 0. The van der Waals surface area contributed by atoms with Crippen LogP contribution in [0.4, 0.5) is 11.6 Å². The van der Waals surface area contributed by atoms with Gasteiger partial charge >= 0.3 is 0 Å². The molecule has 0 radical (unpaired) electrons. The highest BCUT2D eigenvalue weighted by Crippen LogP contribution is 2.01. The summed E-state index contributed by atoms with van der Waals surface area (Å²) in [5.41, 5.74) is 0. The zero-order chi connectivity index (χ0) is 8.43. The second-order valence-corrected chi connectivity index (χ2v) is 2.40. The second kappa shape index (κ2) is 3.02. The lowest BCUT2D eigenvalue weighted by atomic mass is 10.6. The van der Waals surface area contributed by atoms with Crippen molar-refractivity contribution in [3.63, 3.8) is 0 Å². The third kappa shape index (κ3) is 1.78. The Kier molecular flexibility index (Phi) is 2.25. The fourth-order valence-corrected chi connectivity index (χ4v) is 0.806. The monoisotopic (exact) mass is 157 g/mol. The van der Waals surface area contributed by atoms with Crippen LogP contribution >= 0.6 is 0 Å². The lowest BCUT2D eigenvalue weighted by Crippen LogP contribution is -3.00. The van der Waals surface area contributed by atoms with Gasteiger partial charge in [-0.2, -0.15) is 0 Å². The Bertz CT molecular complexity index is 209.